The van der Waals surface area contributed by atoms with E-state index in [0.29, 0.717) is 18.7 Å². The summed E-state index contributed by atoms with van der Waals surface area (Å²) in [4.78, 5) is 14.4. The maximum absolute atomic E-state index is 12.9. The number of alkyl halides is 3. The number of rotatable bonds is 5. The summed E-state index contributed by atoms with van der Waals surface area (Å²) in [6, 6.07) is 19.8. The van der Waals surface area contributed by atoms with Crippen LogP contribution in [0.4, 0.5) is 13.2 Å². The van der Waals surface area contributed by atoms with E-state index < -0.39 is 11.7 Å². The minimum Gasteiger partial charge on any atom is -0.341 e. The molecule has 0 spiro atoms. The van der Waals surface area contributed by atoms with Crippen molar-refractivity contribution in [1.29, 1.82) is 0 Å². The Hall–Kier alpha value is -2.86. The topological polar surface area (TPSA) is 32.3 Å². The average molecular weight is 426 g/mol. The number of benzene rings is 3. The van der Waals surface area contributed by atoms with Crippen LogP contribution in [0.2, 0.25) is 0 Å². The lowest BCUT2D eigenvalue weighted by atomic mass is 9.99. The summed E-state index contributed by atoms with van der Waals surface area (Å²) < 4.78 is 38.7. The van der Waals surface area contributed by atoms with Gasteiger partial charge in [0.25, 0.3) is 0 Å². The Balaban J connectivity index is 1.37. The Morgan fingerprint density at radius 1 is 1.10 bits per heavy atom. The van der Waals surface area contributed by atoms with Crippen molar-refractivity contribution in [2.75, 3.05) is 13.1 Å². The Kier molecular flexibility index (Phi) is 6.01. The van der Waals surface area contributed by atoms with E-state index in [1.54, 1.807) is 11.0 Å². The number of carbonyl (C=O) groups excluding carboxylic acids is 1. The molecular weight excluding hydrogens is 401 g/mol. The average Bonchev–Trinajstić information content (AvgIpc) is 3.21. The van der Waals surface area contributed by atoms with Gasteiger partial charge in [0.1, 0.15) is 0 Å². The molecule has 0 aromatic heterocycles. The molecule has 3 aromatic rings. The van der Waals surface area contributed by atoms with Crippen LogP contribution in [0.3, 0.4) is 0 Å². The minimum atomic E-state index is -4.40. The van der Waals surface area contributed by atoms with Gasteiger partial charge in [0.15, 0.2) is 0 Å². The normalized spacial score (nSPS) is 17.8. The quantitative estimate of drug-likeness (QED) is 0.596. The molecule has 1 fully saturated rings. The molecule has 1 heterocycles. The number of hydrogen-bond donors (Lipinski definition) is 1. The molecule has 0 unspecified atom stereocenters. The summed E-state index contributed by atoms with van der Waals surface area (Å²) in [5, 5.41) is 6.02. The third-order valence-electron chi connectivity index (χ3n) is 5.93. The van der Waals surface area contributed by atoms with Gasteiger partial charge >= 0.3 is 6.18 Å². The first-order valence-corrected chi connectivity index (χ1v) is 10.5. The van der Waals surface area contributed by atoms with Crippen LogP contribution in [-0.4, -0.2) is 29.9 Å². The monoisotopic (exact) mass is 426 g/mol. The zero-order valence-electron chi connectivity index (χ0n) is 17.3. The van der Waals surface area contributed by atoms with Gasteiger partial charge in [0.2, 0.25) is 5.91 Å². The summed E-state index contributed by atoms with van der Waals surface area (Å²) in [5.41, 5.74) is 0.884. The second-order valence-electron chi connectivity index (χ2n) is 8.16. The van der Waals surface area contributed by atoms with Gasteiger partial charge < -0.3 is 10.2 Å². The third kappa shape index (κ3) is 4.90. The van der Waals surface area contributed by atoms with Gasteiger partial charge in [-0.2, -0.15) is 13.2 Å². The molecule has 0 bridgehead atoms. The van der Waals surface area contributed by atoms with Crippen molar-refractivity contribution in [3.05, 3.63) is 83.4 Å². The number of nitrogens with one attached hydrogen (secondary N) is 1. The molecule has 0 aliphatic carbocycles. The highest BCUT2D eigenvalue weighted by Gasteiger charge is 2.31. The number of likely N-dealkylation sites (tertiary alicyclic amines) is 1. The number of fused-ring (bicyclic) bond motifs is 1. The molecule has 0 saturated carbocycles. The highest BCUT2D eigenvalue weighted by Crippen LogP contribution is 2.30. The largest absolute Gasteiger partial charge is 0.416 e. The molecule has 3 aromatic carbocycles. The summed E-state index contributed by atoms with van der Waals surface area (Å²) >= 11 is 0. The fourth-order valence-electron chi connectivity index (χ4n) is 4.34. The first-order valence-electron chi connectivity index (χ1n) is 10.5. The van der Waals surface area contributed by atoms with E-state index in [1.165, 1.54) is 22.4 Å². The molecule has 1 N–H and O–H groups in total. The first-order chi connectivity index (χ1) is 14.8. The second-order valence-corrected chi connectivity index (χ2v) is 8.16. The van der Waals surface area contributed by atoms with Crippen molar-refractivity contribution < 1.29 is 18.0 Å². The standard InChI is InChI=1S/C25H25F3N2O/c1-17(22-11-5-8-19-7-2-3-10-23(19)22)29-21-12-13-30(16-21)24(31)15-18-6-4-9-20(14-18)25(26,27)28/h2-11,14,17,21,29H,12-13,15-16H2,1H3/t17-,21+/m1/s1. The molecule has 1 saturated heterocycles. The van der Waals surface area contributed by atoms with E-state index in [4.69, 9.17) is 0 Å². The Morgan fingerprint density at radius 3 is 2.65 bits per heavy atom. The fraction of sp³-hybridized carbons (Fsp3) is 0.320. The lowest BCUT2D eigenvalue weighted by molar-refractivity contribution is -0.137. The van der Waals surface area contributed by atoms with Gasteiger partial charge in [0.05, 0.1) is 12.0 Å². The smallest absolute Gasteiger partial charge is 0.341 e. The molecule has 162 valence electrons. The molecule has 4 rings (SSSR count). The molecule has 3 nitrogen and oxygen atoms in total. The molecule has 31 heavy (non-hydrogen) atoms. The van der Waals surface area contributed by atoms with E-state index in [9.17, 15) is 18.0 Å². The number of carbonyl (C=O) groups is 1. The van der Waals surface area contributed by atoms with Crippen LogP contribution in [-0.2, 0) is 17.4 Å². The third-order valence-corrected chi connectivity index (χ3v) is 5.93. The van der Waals surface area contributed by atoms with Crippen LogP contribution >= 0.6 is 0 Å². The summed E-state index contributed by atoms with van der Waals surface area (Å²) in [5.74, 6) is -0.138. The van der Waals surface area contributed by atoms with E-state index in [2.05, 4.69) is 42.6 Å². The van der Waals surface area contributed by atoms with Crippen LogP contribution in [0.15, 0.2) is 66.7 Å². The maximum Gasteiger partial charge on any atom is 0.416 e. The van der Waals surface area contributed by atoms with Crippen LogP contribution in [0, 0.1) is 0 Å². The van der Waals surface area contributed by atoms with Crippen molar-refractivity contribution in [2.45, 2.75) is 38.0 Å². The number of hydrogen-bond acceptors (Lipinski definition) is 2. The zero-order chi connectivity index (χ0) is 22.0. The van der Waals surface area contributed by atoms with Gasteiger partial charge in [0, 0.05) is 25.2 Å². The van der Waals surface area contributed by atoms with Gasteiger partial charge in [-0.3, -0.25) is 4.79 Å². The molecule has 6 heteroatoms. The van der Waals surface area contributed by atoms with Gasteiger partial charge in [-0.05, 0) is 41.3 Å². The Morgan fingerprint density at radius 2 is 1.84 bits per heavy atom. The highest BCUT2D eigenvalue weighted by molar-refractivity contribution is 5.86. The lowest BCUT2D eigenvalue weighted by Crippen LogP contribution is -2.37. The maximum atomic E-state index is 12.9. The predicted octanol–water partition coefficient (Wildman–Crippen LogP) is 5.35. The SMILES string of the molecule is C[C@@H](N[C@H]1CCN(C(=O)Cc2cccc(C(F)(F)F)c2)C1)c1cccc2ccccc12. The predicted molar refractivity (Wildman–Crippen MR) is 116 cm³/mol. The highest BCUT2D eigenvalue weighted by atomic mass is 19.4. The fourth-order valence-corrected chi connectivity index (χ4v) is 4.34. The molecule has 1 aliphatic rings. The van der Waals surface area contributed by atoms with E-state index in [-0.39, 0.29) is 24.4 Å². The van der Waals surface area contributed by atoms with Crippen LogP contribution in [0.1, 0.15) is 36.1 Å². The second kappa shape index (κ2) is 8.71. The number of amides is 1. The Bertz CT molecular complexity index is 1070. The van der Waals surface area contributed by atoms with Crippen molar-refractivity contribution in [3.63, 3.8) is 0 Å². The molecule has 1 amide bonds. The number of nitrogens with zero attached hydrogens (tertiary/aromatic N) is 1. The lowest BCUT2D eigenvalue weighted by Gasteiger charge is -2.22. The van der Waals surface area contributed by atoms with Crippen molar-refractivity contribution in [3.8, 4) is 0 Å². The van der Waals surface area contributed by atoms with Crippen LogP contribution < -0.4 is 5.32 Å². The minimum absolute atomic E-state index is 0.0183. The van der Waals surface area contributed by atoms with E-state index in [1.807, 2.05) is 12.1 Å². The summed E-state index contributed by atoms with van der Waals surface area (Å²) in [6.07, 6.45) is -3.60. The van der Waals surface area contributed by atoms with Crippen LogP contribution in [0.25, 0.3) is 10.8 Å². The molecule has 0 radical (unpaired) electrons. The van der Waals surface area contributed by atoms with Crippen LogP contribution in [0.5, 0.6) is 0 Å². The zero-order valence-corrected chi connectivity index (χ0v) is 17.3. The van der Waals surface area contributed by atoms with Gasteiger partial charge in [-0.15, -0.1) is 0 Å². The summed E-state index contributed by atoms with van der Waals surface area (Å²) in [7, 11) is 0. The molecule has 1 aliphatic heterocycles. The van der Waals surface area contributed by atoms with Gasteiger partial charge in [-0.1, -0.05) is 60.7 Å². The Labute approximate surface area is 179 Å². The van der Waals surface area contributed by atoms with Crippen molar-refractivity contribution in [2.24, 2.45) is 0 Å². The summed E-state index contributed by atoms with van der Waals surface area (Å²) in [6.45, 7) is 3.29. The van der Waals surface area contributed by atoms with E-state index in [0.717, 1.165) is 18.6 Å². The molecule has 2 atom stereocenters. The first kappa shape index (κ1) is 21.4. The van der Waals surface area contributed by atoms with E-state index >= 15 is 0 Å². The number of halogens is 3. The van der Waals surface area contributed by atoms with Gasteiger partial charge in [-0.25, -0.2) is 0 Å². The van der Waals surface area contributed by atoms with Crippen molar-refractivity contribution >= 4 is 16.7 Å². The molecular formula is C25H25F3N2O. The van der Waals surface area contributed by atoms with Crippen molar-refractivity contribution in [1.82, 2.24) is 10.2 Å².